The number of halogens is 1. The average molecular weight is 530 g/mol. The molecule has 1 aromatic rings. The van der Waals surface area contributed by atoms with Crippen LogP contribution in [0.2, 0.25) is 0 Å². The summed E-state index contributed by atoms with van der Waals surface area (Å²) in [4.78, 5) is 24.7. The molecule has 0 spiro atoms. The maximum Gasteiger partial charge on any atom is 0.220 e. The molecule has 1 saturated carbocycles. The monoisotopic (exact) mass is 530 g/mol. The first-order valence-electron chi connectivity index (χ1n) is 10.6. The number of ether oxygens (including phenoxy) is 1. The lowest BCUT2D eigenvalue weighted by Crippen LogP contribution is -2.41. The van der Waals surface area contributed by atoms with Gasteiger partial charge in [0.25, 0.3) is 0 Å². The molecular formula is C21H35IN6O2. The second-order valence-electron chi connectivity index (χ2n) is 7.99. The molecule has 2 aliphatic rings. The van der Waals surface area contributed by atoms with Crippen LogP contribution in [0, 0.1) is 11.8 Å². The van der Waals surface area contributed by atoms with Crippen LogP contribution in [0.3, 0.4) is 0 Å². The summed E-state index contributed by atoms with van der Waals surface area (Å²) in [6.45, 7) is 4.62. The predicted octanol–water partition coefficient (Wildman–Crippen LogP) is 1.84. The van der Waals surface area contributed by atoms with Crippen LogP contribution in [0.1, 0.15) is 31.2 Å². The predicted molar refractivity (Wildman–Crippen MR) is 130 cm³/mol. The molecule has 0 atom stereocenters. The Balaban J connectivity index is 0.00000320. The van der Waals surface area contributed by atoms with Crippen molar-refractivity contribution in [1.29, 1.82) is 0 Å². The molecule has 0 unspecified atom stereocenters. The largest absolute Gasteiger partial charge is 0.379 e. The Kier molecular flexibility index (Phi) is 10.1. The number of hydrogen-bond donors (Lipinski definition) is 2. The second kappa shape index (κ2) is 12.3. The highest BCUT2D eigenvalue weighted by atomic mass is 127. The Morgan fingerprint density at radius 2 is 2.10 bits per heavy atom. The van der Waals surface area contributed by atoms with Gasteiger partial charge in [-0.1, -0.05) is 6.07 Å². The van der Waals surface area contributed by atoms with Gasteiger partial charge in [-0.05, 0) is 37.7 Å². The number of likely N-dealkylation sites (N-methyl/N-ethyl adjacent to an activating group) is 1. The van der Waals surface area contributed by atoms with E-state index < -0.39 is 0 Å². The standard InChI is InChI=1S/C21H34N6O2.HI/c1-23-21(26(2)12-13-29-15-16-5-6-16)25-14-18-4-3-9-24-20(18)27-10-7-17(8-11-27)19(22)28;/h3-4,9,16-17H,5-8,10-15H2,1-2H3,(H2,22,28)(H,23,25);1H. The highest BCUT2D eigenvalue weighted by Gasteiger charge is 2.25. The van der Waals surface area contributed by atoms with Crippen molar-refractivity contribution in [3.05, 3.63) is 23.9 Å². The molecule has 0 radical (unpaired) electrons. The molecule has 2 fully saturated rings. The molecule has 3 N–H and O–H groups in total. The lowest BCUT2D eigenvalue weighted by Gasteiger charge is -2.32. The van der Waals surface area contributed by atoms with Crippen molar-refractivity contribution < 1.29 is 9.53 Å². The molecule has 168 valence electrons. The number of primary amides is 1. The van der Waals surface area contributed by atoms with Gasteiger partial charge in [-0.3, -0.25) is 9.79 Å². The SMILES string of the molecule is CN=C(NCc1cccnc1N1CCC(C(N)=O)CC1)N(C)CCOCC1CC1.I. The molecule has 0 bridgehead atoms. The van der Waals surface area contributed by atoms with Gasteiger partial charge in [-0.25, -0.2) is 4.98 Å². The van der Waals surface area contributed by atoms with Crippen LogP contribution >= 0.6 is 24.0 Å². The van der Waals surface area contributed by atoms with Crippen molar-refractivity contribution >= 4 is 41.7 Å². The minimum absolute atomic E-state index is 0. The van der Waals surface area contributed by atoms with Crippen molar-refractivity contribution in [2.45, 2.75) is 32.2 Å². The average Bonchev–Trinajstić information content (AvgIpc) is 3.56. The summed E-state index contributed by atoms with van der Waals surface area (Å²) in [7, 11) is 3.82. The van der Waals surface area contributed by atoms with Crippen molar-refractivity contribution in [2.75, 3.05) is 51.8 Å². The van der Waals surface area contributed by atoms with Gasteiger partial charge < -0.3 is 25.6 Å². The van der Waals surface area contributed by atoms with Gasteiger partial charge in [-0.15, -0.1) is 24.0 Å². The van der Waals surface area contributed by atoms with Gasteiger partial charge in [-0.2, -0.15) is 0 Å². The minimum atomic E-state index is -0.194. The highest BCUT2D eigenvalue weighted by Crippen LogP contribution is 2.28. The zero-order chi connectivity index (χ0) is 20.6. The van der Waals surface area contributed by atoms with E-state index in [1.54, 1.807) is 7.05 Å². The van der Waals surface area contributed by atoms with Gasteiger partial charge in [0.05, 0.1) is 6.61 Å². The summed E-state index contributed by atoms with van der Waals surface area (Å²) >= 11 is 0. The number of guanidine groups is 1. The molecular weight excluding hydrogens is 495 g/mol. The zero-order valence-corrected chi connectivity index (χ0v) is 20.4. The van der Waals surface area contributed by atoms with Crippen molar-refractivity contribution in [2.24, 2.45) is 22.6 Å². The number of hydrogen-bond acceptors (Lipinski definition) is 5. The van der Waals surface area contributed by atoms with Gasteiger partial charge in [0, 0.05) is 64.6 Å². The molecule has 1 amide bonds. The molecule has 3 rings (SSSR count). The summed E-state index contributed by atoms with van der Waals surface area (Å²) in [5, 5.41) is 3.43. The Bertz CT molecular complexity index is 704. The molecule has 30 heavy (non-hydrogen) atoms. The molecule has 0 aromatic carbocycles. The van der Waals surface area contributed by atoms with Gasteiger partial charge in [0.1, 0.15) is 5.82 Å². The fourth-order valence-corrected chi connectivity index (χ4v) is 3.63. The Hall–Kier alpha value is -1.62. The van der Waals surface area contributed by atoms with Crippen molar-refractivity contribution in [3.8, 4) is 0 Å². The van der Waals surface area contributed by atoms with Gasteiger partial charge in [0.2, 0.25) is 5.91 Å². The number of aliphatic imine (C=N–C) groups is 1. The van der Waals surface area contributed by atoms with E-state index in [2.05, 4.69) is 31.2 Å². The number of carbonyl (C=O) groups is 1. The van der Waals surface area contributed by atoms with Crippen LogP contribution < -0.4 is 16.0 Å². The fraction of sp³-hybridized carbons (Fsp3) is 0.667. The van der Waals surface area contributed by atoms with Crippen molar-refractivity contribution in [3.63, 3.8) is 0 Å². The van der Waals surface area contributed by atoms with E-state index in [0.29, 0.717) is 13.2 Å². The minimum Gasteiger partial charge on any atom is -0.379 e. The van der Waals surface area contributed by atoms with E-state index in [1.165, 1.54) is 12.8 Å². The quantitative estimate of drug-likeness (QED) is 0.219. The maximum absolute atomic E-state index is 11.4. The first-order chi connectivity index (χ1) is 14.1. The van der Waals surface area contributed by atoms with Crippen LogP contribution in [-0.2, 0) is 16.1 Å². The molecule has 1 aliphatic heterocycles. The van der Waals surface area contributed by atoms with Crippen LogP contribution in [0.4, 0.5) is 5.82 Å². The number of piperidine rings is 1. The summed E-state index contributed by atoms with van der Waals surface area (Å²) in [5.41, 5.74) is 6.57. The second-order valence-corrected chi connectivity index (χ2v) is 7.99. The number of aromatic nitrogens is 1. The number of rotatable bonds is 9. The Morgan fingerprint density at radius 3 is 2.73 bits per heavy atom. The van der Waals surface area contributed by atoms with E-state index in [-0.39, 0.29) is 35.8 Å². The lowest BCUT2D eigenvalue weighted by molar-refractivity contribution is -0.122. The molecule has 1 saturated heterocycles. The lowest BCUT2D eigenvalue weighted by atomic mass is 9.96. The van der Waals surface area contributed by atoms with E-state index in [4.69, 9.17) is 10.5 Å². The van der Waals surface area contributed by atoms with E-state index in [9.17, 15) is 4.79 Å². The summed E-state index contributed by atoms with van der Waals surface area (Å²) < 4.78 is 5.74. The summed E-state index contributed by atoms with van der Waals surface area (Å²) in [6.07, 6.45) is 6.00. The Labute approximate surface area is 196 Å². The molecule has 8 nitrogen and oxygen atoms in total. The van der Waals surface area contributed by atoms with Crippen LogP contribution in [0.5, 0.6) is 0 Å². The smallest absolute Gasteiger partial charge is 0.220 e. The normalized spacial score (nSPS) is 17.4. The zero-order valence-electron chi connectivity index (χ0n) is 18.0. The first kappa shape index (κ1) is 24.6. The molecule has 1 aliphatic carbocycles. The highest BCUT2D eigenvalue weighted by molar-refractivity contribution is 14.0. The number of nitrogens with one attached hydrogen (secondary N) is 1. The Morgan fingerprint density at radius 1 is 1.37 bits per heavy atom. The number of anilines is 1. The maximum atomic E-state index is 11.4. The third-order valence-corrected chi connectivity index (χ3v) is 5.70. The van der Waals surface area contributed by atoms with Gasteiger partial charge >= 0.3 is 0 Å². The van der Waals surface area contributed by atoms with Gasteiger partial charge in [0.15, 0.2) is 5.96 Å². The number of nitrogens with two attached hydrogens (primary N) is 1. The number of pyridine rings is 1. The molecule has 9 heteroatoms. The number of carbonyl (C=O) groups excluding carboxylic acids is 1. The number of amides is 1. The molecule has 2 heterocycles. The van der Waals surface area contributed by atoms with E-state index in [0.717, 1.165) is 62.3 Å². The molecule has 1 aromatic heterocycles. The topological polar surface area (TPSA) is 96.1 Å². The third kappa shape index (κ3) is 7.26. The van der Waals surface area contributed by atoms with Crippen LogP contribution in [0.15, 0.2) is 23.3 Å². The number of nitrogens with zero attached hydrogens (tertiary/aromatic N) is 4. The third-order valence-electron chi connectivity index (χ3n) is 5.70. The van der Waals surface area contributed by atoms with E-state index >= 15 is 0 Å². The van der Waals surface area contributed by atoms with Crippen LogP contribution in [0.25, 0.3) is 0 Å². The summed E-state index contributed by atoms with van der Waals surface area (Å²) in [6, 6.07) is 4.04. The summed E-state index contributed by atoms with van der Waals surface area (Å²) in [5.74, 6) is 2.37. The fourth-order valence-electron chi connectivity index (χ4n) is 3.63. The van der Waals surface area contributed by atoms with Crippen LogP contribution in [-0.4, -0.2) is 68.7 Å². The van der Waals surface area contributed by atoms with E-state index in [1.807, 2.05) is 19.3 Å². The first-order valence-corrected chi connectivity index (χ1v) is 10.6. The van der Waals surface area contributed by atoms with Crippen molar-refractivity contribution in [1.82, 2.24) is 15.2 Å².